The first-order chi connectivity index (χ1) is 17.3. The molecule has 1 aromatic carbocycles. The van der Waals surface area contributed by atoms with E-state index >= 15 is 0 Å². The molecule has 200 valence electrons. The molecular weight excluding hydrogens is 507 g/mol. The Morgan fingerprint density at radius 3 is 2.51 bits per heavy atom. The number of hydrogen-bond acceptors (Lipinski definition) is 6. The second kappa shape index (κ2) is 11.4. The number of carbonyl (C=O) groups is 1. The van der Waals surface area contributed by atoms with Gasteiger partial charge < -0.3 is 10.7 Å². The summed E-state index contributed by atoms with van der Waals surface area (Å²) < 4.78 is 64.1. The van der Waals surface area contributed by atoms with Crippen LogP contribution in [-0.2, 0) is 29.3 Å². The van der Waals surface area contributed by atoms with Gasteiger partial charge in [0.25, 0.3) is 5.91 Å². The third kappa shape index (κ3) is 7.16. The van der Waals surface area contributed by atoms with Crippen molar-refractivity contribution in [1.82, 2.24) is 19.9 Å². The summed E-state index contributed by atoms with van der Waals surface area (Å²) in [5.74, 6) is -0.367. The van der Waals surface area contributed by atoms with Crippen molar-refractivity contribution in [3.05, 3.63) is 76.2 Å². The van der Waals surface area contributed by atoms with Crippen LogP contribution in [0.25, 0.3) is 0 Å². The van der Waals surface area contributed by atoms with Crippen molar-refractivity contribution >= 4 is 22.1 Å². The lowest BCUT2D eigenvalue weighted by molar-refractivity contribution is -0.137. The molecule has 0 saturated carbocycles. The predicted octanol–water partition coefficient (Wildman–Crippen LogP) is 4.02. The third-order valence-electron chi connectivity index (χ3n) is 6.05. The lowest BCUT2D eigenvalue weighted by Gasteiger charge is -2.27. The van der Waals surface area contributed by atoms with Crippen LogP contribution in [0.5, 0.6) is 0 Å². The number of halogens is 3. The molecule has 3 rings (SSSR count). The Hall–Kier alpha value is -3.25. The highest BCUT2D eigenvalue weighted by atomic mass is 32.2. The summed E-state index contributed by atoms with van der Waals surface area (Å²) in [6.07, 6.45) is -0.799. The summed E-state index contributed by atoms with van der Waals surface area (Å²) in [6.45, 7) is 6.43. The average molecular weight is 538 g/mol. The number of amides is 1. The van der Waals surface area contributed by atoms with Crippen molar-refractivity contribution in [3.63, 3.8) is 0 Å². The minimum Gasteiger partial charge on any atom is -0.348 e. The van der Waals surface area contributed by atoms with Crippen molar-refractivity contribution < 1.29 is 26.4 Å². The minimum absolute atomic E-state index is 0.0552. The summed E-state index contributed by atoms with van der Waals surface area (Å²) >= 11 is 0. The molecule has 0 aliphatic carbocycles. The van der Waals surface area contributed by atoms with Gasteiger partial charge >= 0.3 is 6.18 Å². The monoisotopic (exact) mass is 537 g/mol. The fourth-order valence-electron chi connectivity index (χ4n) is 4.13. The molecule has 1 aromatic heterocycles. The molecule has 0 saturated heterocycles. The van der Waals surface area contributed by atoms with E-state index in [2.05, 4.69) is 19.9 Å². The smallest absolute Gasteiger partial charge is 0.348 e. The Morgan fingerprint density at radius 2 is 1.95 bits per heavy atom. The molecule has 1 amide bonds. The first-order valence-corrected chi connectivity index (χ1v) is 13.4. The number of sulfonamides is 1. The molecular formula is C25H30F3N5O3S. The van der Waals surface area contributed by atoms with Gasteiger partial charge in [0.15, 0.2) is 0 Å². The lowest BCUT2D eigenvalue weighted by atomic mass is 9.99. The normalized spacial score (nSPS) is 16.5. The lowest BCUT2D eigenvalue weighted by Crippen LogP contribution is -2.28. The highest BCUT2D eigenvalue weighted by molar-refractivity contribution is 7.89. The topological polar surface area (TPSA) is 115 Å². The number of nitrogens with zero attached hydrogens (tertiary/aromatic N) is 2. The van der Waals surface area contributed by atoms with Gasteiger partial charge in [0, 0.05) is 43.8 Å². The first-order valence-electron chi connectivity index (χ1n) is 11.7. The van der Waals surface area contributed by atoms with Gasteiger partial charge in [0.05, 0.1) is 28.6 Å². The van der Waals surface area contributed by atoms with E-state index in [0.717, 1.165) is 35.2 Å². The predicted molar refractivity (Wildman–Crippen MR) is 134 cm³/mol. The van der Waals surface area contributed by atoms with Crippen molar-refractivity contribution in [3.8, 4) is 0 Å². The molecule has 0 unspecified atom stereocenters. The molecule has 1 atom stereocenters. The maximum Gasteiger partial charge on any atom is 0.416 e. The summed E-state index contributed by atoms with van der Waals surface area (Å²) in [6, 6.07) is 6.79. The quantitative estimate of drug-likeness (QED) is 0.396. The Kier molecular flexibility index (Phi) is 8.75. The molecule has 0 spiro atoms. The standard InChI is InChI=1S/C25H30F3N5O3S/c1-4-37(35,36)32-12-18(10-29)11-31-24(34)19-9-20-15-33(23(16(2)3)22(20)30-13-19)14-17-5-7-21(8-6-17)25(26,27)28/h5-10,12-13,16,23,29,32H,4,11,14-15H2,1-3H3,(H,31,34)/b18-12+,29-10?/t23-/m0/s1. The third-order valence-corrected chi connectivity index (χ3v) is 7.29. The second-order valence-electron chi connectivity index (χ2n) is 9.12. The molecule has 0 radical (unpaired) electrons. The highest BCUT2D eigenvalue weighted by Crippen LogP contribution is 2.39. The van der Waals surface area contributed by atoms with Crippen molar-refractivity contribution in [1.29, 1.82) is 5.41 Å². The Labute approximate surface area is 214 Å². The van der Waals surface area contributed by atoms with E-state index in [1.807, 2.05) is 13.8 Å². The molecule has 1 aliphatic heterocycles. The number of aromatic nitrogens is 1. The fourth-order valence-corrected chi connectivity index (χ4v) is 4.63. The highest BCUT2D eigenvalue weighted by Gasteiger charge is 2.35. The summed E-state index contributed by atoms with van der Waals surface area (Å²) in [5, 5.41) is 10.1. The maximum absolute atomic E-state index is 12.9. The van der Waals surface area contributed by atoms with Gasteiger partial charge in [-0.15, -0.1) is 0 Å². The number of hydrogen-bond donors (Lipinski definition) is 3. The van der Waals surface area contributed by atoms with Gasteiger partial charge in [-0.1, -0.05) is 26.0 Å². The second-order valence-corrected chi connectivity index (χ2v) is 11.2. The van der Waals surface area contributed by atoms with Gasteiger partial charge in [0.1, 0.15) is 0 Å². The maximum atomic E-state index is 12.9. The summed E-state index contributed by atoms with van der Waals surface area (Å²) in [5.41, 5.74) is 2.32. The Morgan fingerprint density at radius 1 is 1.27 bits per heavy atom. The van der Waals surface area contributed by atoms with Crippen LogP contribution in [0.3, 0.4) is 0 Å². The van der Waals surface area contributed by atoms with Gasteiger partial charge in [-0.3, -0.25) is 19.4 Å². The van der Waals surface area contributed by atoms with Crippen LogP contribution in [-0.4, -0.2) is 42.7 Å². The van der Waals surface area contributed by atoms with E-state index in [9.17, 15) is 26.4 Å². The molecule has 0 bridgehead atoms. The number of alkyl halides is 3. The number of carbonyl (C=O) groups excluding carboxylic acids is 1. The first kappa shape index (κ1) is 28.3. The van der Waals surface area contributed by atoms with Gasteiger partial charge in [0.2, 0.25) is 10.0 Å². The van der Waals surface area contributed by atoms with Crippen LogP contribution >= 0.6 is 0 Å². The van der Waals surface area contributed by atoms with E-state index in [0.29, 0.717) is 18.7 Å². The van der Waals surface area contributed by atoms with Crippen LogP contribution in [0.15, 0.2) is 48.3 Å². The molecule has 37 heavy (non-hydrogen) atoms. The zero-order valence-electron chi connectivity index (χ0n) is 20.8. The number of fused-ring (bicyclic) bond motifs is 1. The van der Waals surface area contributed by atoms with E-state index < -0.39 is 27.7 Å². The Bertz CT molecular complexity index is 1280. The molecule has 3 N–H and O–H groups in total. The summed E-state index contributed by atoms with van der Waals surface area (Å²) in [7, 11) is -3.48. The Balaban J connectivity index is 1.72. The fraction of sp³-hybridized carbons (Fsp3) is 0.400. The van der Waals surface area contributed by atoms with E-state index in [-0.39, 0.29) is 29.8 Å². The van der Waals surface area contributed by atoms with E-state index in [4.69, 9.17) is 5.41 Å². The van der Waals surface area contributed by atoms with E-state index in [1.54, 1.807) is 6.07 Å². The number of pyridine rings is 1. The van der Waals surface area contributed by atoms with Crippen LogP contribution in [0, 0.1) is 11.3 Å². The average Bonchev–Trinajstić information content (AvgIpc) is 3.21. The summed E-state index contributed by atoms with van der Waals surface area (Å²) in [4.78, 5) is 19.4. The van der Waals surface area contributed by atoms with Gasteiger partial charge in [-0.05, 0) is 42.2 Å². The minimum atomic E-state index is -4.39. The van der Waals surface area contributed by atoms with Crippen LogP contribution in [0.4, 0.5) is 13.2 Å². The molecule has 12 heteroatoms. The van der Waals surface area contributed by atoms with Crippen LogP contribution in [0.1, 0.15) is 59.6 Å². The van der Waals surface area contributed by atoms with E-state index in [1.165, 1.54) is 31.5 Å². The van der Waals surface area contributed by atoms with Crippen molar-refractivity contribution in [2.24, 2.45) is 5.92 Å². The zero-order valence-corrected chi connectivity index (χ0v) is 21.6. The number of benzene rings is 1. The molecule has 2 heterocycles. The number of nitrogens with one attached hydrogen (secondary N) is 3. The largest absolute Gasteiger partial charge is 0.416 e. The van der Waals surface area contributed by atoms with Crippen molar-refractivity contribution in [2.75, 3.05) is 12.3 Å². The van der Waals surface area contributed by atoms with Gasteiger partial charge in [-0.2, -0.15) is 13.2 Å². The molecule has 1 aliphatic rings. The SMILES string of the molecule is CCS(=O)(=O)N/C=C(\C=N)CNC(=O)c1cnc2c(c1)CN(Cc1ccc(C(F)(F)F)cc1)[C@H]2C(C)C. The van der Waals surface area contributed by atoms with Crippen molar-refractivity contribution in [2.45, 2.75) is 46.1 Å². The number of rotatable bonds is 10. The van der Waals surface area contributed by atoms with Crippen LogP contribution in [0.2, 0.25) is 0 Å². The van der Waals surface area contributed by atoms with Crippen LogP contribution < -0.4 is 10.0 Å². The molecule has 0 fully saturated rings. The molecule has 8 nitrogen and oxygen atoms in total. The molecule has 2 aromatic rings. The van der Waals surface area contributed by atoms with Gasteiger partial charge in [-0.25, -0.2) is 8.42 Å². The zero-order chi connectivity index (χ0) is 27.4.